The lowest BCUT2D eigenvalue weighted by Gasteiger charge is -2.28. The zero-order chi connectivity index (χ0) is 52.4. The predicted molar refractivity (Wildman–Crippen MR) is 310 cm³/mol. The number of allylic oxidation sites excluding steroid dienone is 8. The number of carbonyl (C=O) groups is 3. The molecule has 1 atom stereocenters. The highest BCUT2D eigenvalue weighted by molar-refractivity contribution is 5.71. The maximum atomic E-state index is 13.0. The molecule has 7 nitrogen and oxygen atoms in total. The summed E-state index contributed by atoms with van der Waals surface area (Å²) in [4.78, 5) is 38.5. The second-order valence-corrected chi connectivity index (χ2v) is 21.4. The van der Waals surface area contributed by atoms with Gasteiger partial charge in [-0.3, -0.25) is 20.1 Å². The van der Waals surface area contributed by atoms with Gasteiger partial charge in [-0.05, 0) is 57.8 Å². The van der Waals surface area contributed by atoms with Gasteiger partial charge in [0.05, 0.1) is 0 Å². The maximum absolute atomic E-state index is 13.0. The van der Waals surface area contributed by atoms with Gasteiger partial charge in [-0.1, -0.05) is 301 Å². The Balaban J connectivity index is 4.51. The second kappa shape index (κ2) is 57.6. The van der Waals surface area contributed by atoms with Gasteiger partial charge in [0.15, 0.2) is 0 Å². The van der Waals surface area contributed by atoms with Crippen LogP contribution >= 0.6 is 0 Å². The molecule has 0 aliphatic carbocycles. The van der Waals surface area contributed by atoms with E-state index in [0.717, 1.165) is 64.2 Å². The minimum absolute atomic E-state index is 0.164. The lowest BCUT2D eigenvalue weighted by molar-refractivity contribution is -0.184. The van der Waals surface area contributed by atoms with Crippen LogP contribution < -0.4 is 5.73 Å². The van der Waals surface area contributed by atoms with E-state index in [9.17, 15) is 14.4 Å². The first kappa shape index (κ1) is 69.3. The van der Waals surface area contributed by atoms with Crippen molar-refractivity contribution in [3.8, 4) is 0 Å². The van der Waals surface area contributed by atoms with E-state index in [4.69, 9.17) is 19.9 Å². The minimum atomic E-state index is -1.73. The smallest absolute Gasteiger partial charge is 0.307 e. The molecule has 0 radical (unpaired) electrons. The summed E-state index contributed by atoms with van der Waals surface area (Å²) in [5.74, 6) is -1.24. The average Bonchev–Trinajstić information content (AvgIpc) is 3.37. The van der Waals surface area contributed by atoms with Gasteiger partial charge in [0.25, 0.3) is 0 Å². The first-order valence-electron chi connectivity index (χ1n) is 31.3. The van der Waals surface area contributed by atoms with E-state index >= 15 is 0 Å². The fourth-order valence-electron chi connectivity index (χ4n) is 9.20. The van der Waals surface area contributed by atoms with E-state index in [1.807, 2.05) is 0 Å². The third-order valence-corrected chi connectivity index (χ3v) is 14.0. The first-order valence-corrected chi connectivity index (χ1v) is 31.3. The third kappa shape index (κ3) is 55.1. The molecule has 2 N–H and O–H groups in total. The van der Waals surface area contributed by atoms with E-state index in [1.165, 1.54) is 218 Å². The number of ether oxygens (including phenoxy) is 3. The Morgan fingerprint density at radius 3 is 0.847 bits per heavy atom. The summed E-state index contributed by atoms with van der Waals surface area (Å²) in [5, 5.41) is 0. The monoisotopic (exact) mass is 1010 g/mol. The van der Waals surface area contributed by atoms with Gasteiger partial charge in [0.2, 0.25) is 5.72 Å². The second-order valence-electron chi connectivity index (χ2n) is 21.4. The predicted octanol–water partition coefficient (Wildman–Crippen LogP) is 20.3. The molecule has 1 unspecified atom stereocenters. The molecule has 0 aromatic rings. The lowest BCUT2D eigenvalue weighted by Crippen LogP contribution is -2.53. The van der Waals surface area contributed by atoms with Gasteiger partial charge < -0.3 is 14.2 Å². The van der Waals surface area contributed by atoms with Crippen LogP contribution in [-0.4, -0.2) is 36.8 Å². The van der Waals surface area contributed by atoms with Gasteiger partial charge in [-0.2, -0.15) is 0 Å². The highest BCUT2D eigenvalue weighted by Gasteiger charge is 2.33. The Labute approximate surface area is 447 Å². The van der Waals surface area contributed by atoms with Crippen molar-refractivity contribution in [2.75, 3.05) is 13.2 Å². The Hall–Kier alpha value is -2.67. The summed E-state index contributed by atoms with van der Waals surface area (Å²) >= 11 is 0. The molecular formula is C65H119NO6. The van der Waals surface area contributed by atoms with Gasteiger partial charge >= 0.3 is 17.9 Å². The van der Waals surface area contributed by atoms with Gasteiger partial charge in [-0.15, -0.1) is 0 Å². The van der Waals surface area contributed by atoms with E-state index in [1.54, 1.807) is 0 Å². The summed E-state index contributed by atoms with van der Waals surface area (Å²) < 4.78 is 16.8. The fourth-order valence-corrected chi connectivity index (χ4v) is 9.20. The van der Waals surface area contributed by atoms with Crippen molar-refractivity contribution >= 4 is 17.9 Å². The Kier molecular flexibility index (Phi) is 55.5. The van der Waals surface area contributed by atoms with E-state index in [0.29, 0.717) is 6.42 Å². The molecule has 0 aromatic heterocycles. The van der Waals surface area contributed by atoms with Crippen molar-refractivity contribution in [2.24, 2.45) is 5.73 Å². The molecule has 0 rings (SSSR count). The Bertz CT molecular complexity index is 1290. The summed E-state index contributed by atoms with van der Waals surface area (Å²) in [7, 11) is 0. The summed E-state index contributed by atoms with van der Waals surface area (Å²) in [6.45, 7) is 6.10. The van der Waals surface area contributed by atoms with E-state index in [2.05, 4.69) is 69.4 Å². The van der Waals surface area contributed by atoms with Crippen LogP contribution in [0.4, 0.5) is 0 Å². The highest BCUT2D eigenvalue weighted by atomic mass is 16.6. The molecule has 0 heterocycles. The number of carbonyl (C=O) groups excluding carboxylic acids is 3. The van der Waals surface area contributed by atoms with Gasteiger partial charge in [0, 0.05) is 19.3 Å². The number of nitrogens with two attached hydrogens (primary N) is 1. The van der Waals surface area contributed by atoms with Crippen molar-refractivity contribution in [3.05, 3.63) is 48.6 Å². The average molecular weight is 1010 g/mol. The van der Waals surface area contributed by atoms with Gasteiger partial charge in [-0.25, -0.2) is 0 Å². The summed E-state index contributed by atoms with van der Waals surface area (Å²) in [6.07, 6.45) is 73.7. The lowest BCUT2D eigenvalue weighted by atomic mass is 10.0. The first-order chi connectivity index (χ1) is 35.4. The number of hydrogen-bond acceptors (Lipinski definition) is 7. The van der Waals surface area contributed by atoms with Crippen LogP contribution in [0.15, 0.2) is 48.6 Å². The standard InChI is InChI=1S/C65H119NO6/c1-4-7-10-13-16-19-22-25-28-31-32-35-37-40-43-46-49-52-55-58-63(68)71-61-65(66,72-64(69)59-56-53-50-47-44-41-38-34-30-27-24-21-18-15-12-9-6-3)60-70-62(67)57-54-51-48-45-42-39-36-33-29-26-23-20-17-14-11-8-5-2/h18,21,27,30,38,41,47,50H,4-17,19-20,22-26,28-29,31-37,39-40,42-46,48-49,51-61,66H2,1-3H3/b21-18-,30-27-,41-38-,50-47-. The van der Waals surface area contributed by atoms with Crippen molar-refractivity contribution in [2.45, 2.75) is 335 Å². The topological polar surface area (TPSA) is 105 Å². The molecule has 0 fully saturated rings. The number of hydrogen-bond donors (Lipinski definition) is 1. The number of rotatable bonds is 57. The fraction of sp³-hybridized carbons (Fsp3) is 0.831. The SMILES string of the molecule is CCCCC/C=C\C/C=C\C/C=C\C/C=C\CCCC(=O)OC(N)(COC(=O)CCCCCCCCCCCCCCCCCCC)COC(=O)CCCCCCCCCCCCCCCCCCCCC. The number of unbranched alkanes of at least 4 members (excludes halogenated alkanes) is 38. The molecule has 0 aromatic carbocycles. The molecular weight excluding hydrogens is 891 g/mol. The highest BCUT2D eigenvalue weighted by Crippen LogP contribution is 2.18. The molecule has 420 valence electrons. The molecule has 0 aliphatic heterocycles. The van der Waals surface area contributed by atoms with Crippen molar-refractivity contribution in [1.82, 2.24) is 0 Å². The quantitative estimate of drug-likeness (QED) is 0.0213. The van der Waals surface area contributed by atoms with Crippen LogP contribution in [-0.2, 0) is 28.6 Å². The normalized spacial score (nSPS) is 12.8. The van der Waals surface area contributed by atoms with Crippen molar-refractivity contribution < 1.29 is 28.6 Å². The minimum Gasteiger partial charge on any atom is -0.460 e. The van der Waals surface area contributed by atoms with Crippen LogP contribution in [0, 0.1) is 0 Å². The Morgan fingerprint density at radius 2 is 0.542 bits per heavy atom. The summed E-state index contributed by atoms with van der Waals surface area (Å²) in [5.41, 5.74) is 4.80. The molecule has 7 heteroatoms. The molecule has 0 saturated carbocycles. The number of esters is 3. The molecule has 0 saturated heterocycles. The third-order valence-electron chi connectivity index (χ3n) is 14.0. The van der Waals surface area contributed by atoms with Crippen LogP contribution in [0.3, 0.4) is 0 Å². The van der Waals surface area contributed by atoms with Crippen molar-refractivity contribution in [3.63, 3.8) is 0 Å². The van der Waals surface area contributed by atoms with Crippen LogP contribution in [0.5, 0.6) is 0 Å². The van der Waals surface area contributed by atoms with Crippen LogP contribution in [0.25, 0.3) is 0 Å². The largest absolute Gasteiger partial charge is 0.460 e. The molecule has 72 heavy (non-hydrogen) atoms. The van der Waals surface area contributed by atoms with Gasteiger partial charge in [0.1, 0.15) is 13.2 Å². The van der Waals surface area contributed by atoms with E-state index in [-0.39, 0.29) is 44.4 Å². The van der Waals surface area contributed by atoms with Crippen molar-refractivity contribution in [1.29, 1.82) is 0 Å². The molecule has 0 spiro atoms. The zero-order valence-electron chi connectivity index (χ0n) is 48.0. The summed E-state index contributed by atoms with van der Waals surface area (Å²) in [6, 6.07) is 0. The molecule has 0 aliphatic rings. The van der Waals surface area contributed by atoms with Crippen LogP contribution in [0.2, 0.25) is 0 Å². The van der Waals surface area contributed by atoms with E-state index < -0.39 is 11.7 Å². The molecule has 0 bridgehead atoms. The Morgan fingerprint density at radius 1 is 0.306 bits per heavy atom. The van der Waals surface area contributed by atoms with Crippen LogP contribution in [0.1, 0.15) is 329 Å². The maximum Gasteiger partial charge on any atom is 0.307 e. The zero-order valence-corrected chi connectivity index (χ0v) is 48.0. The molecule has 0 amide bonds.